The quantitative estimate of drug-likeness (QED) is 0.723. The van der Waals surface area contributed by atoms with Crippen LogP contribution in [-0.4, -0.2) is 24.2 Å². The minimum Gasteiger partial charge on any atom is -0.481 e. The van der Waals surface area contributed by atoms with Gasteiger partial charge in [-0.25, -0.2) is 0 Å². The van der Waals surface area contributed by atoms with Gasteiger partial charge in [-0.05, 0) is 30.1 Å². The van der Waals surface area contributed by atoms with Crippen molar-refractivity contribution in [3.05, 3.63) is 0 Å². The molecule has 2 aliphatic carbocycles. The first kappa shape index (κ1) is 11.4. The Kier molecular flexibility index (Phi) is 2.68. The highest BCUT2D eigenvalue weighted by atomic mass is 16.5. The number of carboxylic acid groups (broad SMARTS) is 1. The molecular weight excluding hydrogens is 208 g/mol. The highest BCUT2D eigenvalue weighted by molar-refractivity contribution is 5.82. The van der Waals surface area contributed by atoms with E-state index in [0.29, 0.717) is 11.8 Å². The number of esters is 1. The van der Waals surface area contributed by atoms with Gasteiger partial charge in [0.15, 0.2) is 0 Å². The molecule has 2 fully saturated rings. The molecule has 0 aromatic heterocycles. The lowest BCUT2D eigenvalue weighted by Crippen LogP contribution is -2.41. The number of carbonyl (C=O) groups is 2. The van der Waals surface area contributed by atoms with Crippen molar-refractivity contribution >= 4 is 11.9 Å². The van der Waals surface area contributed by atoms with Gasteiger partial charge >= 0.3 is 11.9 Å². The van der Waals surface area contributed by atoms with E-state index < -0.39 is 17.8 Å². The Hall–Kier alpha value is -1.06. The Morgan fingerprint density at radius 1 is 1.12 bits per heavy atom. The van der Waals surface area contributed by atoms with Crippen LogP contribution < -0.4 is 0 Å². The van der Waals surface area contributed by atoms with Crippen LogP contribution in [0.4, 0.5) is 0 Å². The number of hydrogen-bond acceptors (Lipinski definition) is 3. The van der Waals surface area contributed by atoms with Crippen LogP contribution in [0.5, 0.6) is 0 Å². The summed E-state index contributed by atoms with van der Waals surface area (Å²) in [6.07, 6.45) is 0.860. The molecule has 4 heteroatoms. The van der Waals surface area contributed by atoms with Crippen LogP contribution in [0.25, 0.3) is 0 Å². The molecule has 2 saturated carbocycles. The molecule has 4 nitrogen and oxygen atoms in total. The zero-order valence-corrected chi connectivity index (χ0v) is 9.84. The van der Waals surface area contributed by atoms with E-state index in [2.05, 4.69) is 13.8 Å². The normalized spacial score (nSPS) is 45.7. The third-order valence-corrected chi connectivity index (χ3v) is 4.79. The molecule has 2 bridgehead atoms. The zero-order valence-electron chi connectivity index (χ0n) is 9.84. The number of carbonyl (C=O) groups excluding carboxylic acids is 1. The van der Waals surface area contributed by atoms with Crippen molar-refractivity contribution in [3.8, 4) is 0 Å². The van der Waals surface area contributed by atoms with Crippen molar-refractivity contribution in [2.24, 2.45) is 35.5 Å². The van der Waals surface area contributed by atoms with E-state index in [4.69, 9.17) is 4.74 Å². The topological polar surface area (TPSA) is 63.6 Å². The Balaban J connectivity index is 2.30. The Morgan fingerprint density at radius 3 is 2.06 bits per heavy atom. The monoisotopic (exact) mass is 226 g/mol. The van der Waals surface area contributed by atoms with Crippen LogP contribution in [0.3, 0.4) is 0 Å². The Bertz CT molecular complexity index is 325. The summed E-state index contributed by atoms with van der Waals surface area (Å²) in [5.41, 5.74) is 0. The average molecular weight is 226 g/mol. The van der Waals surface area contributed by atoms with Crippen molar-refractivity contribution < 1.29 is 19.4 Å². The van der Waals surface area contributed by atoms with E-state index in [-0.39, 0.29) is 17.8 Å². The molecule has 0 saturated heterocycles. The molecule has 0 unspecified atom stereocenters. The molecule has 0 heterocycles. The molecule has 90 valence electrons. The van der Waals surface area contributed by atoms with Crippen molar-refractivity contribution in [2.75, 3.05) is 7.11 Å². The van der Waals surface area contributed by atoms with Gasteiger partial charge in [-0.2, -0.15) is 0 Å². The molecular formula is C12H18O4. The number of hydrogen-bond donors (Lipinski definition) is 1. The molecule has 6 atom stereocenters. The van der Waals surface area contributed by atoms with Gasteiger partial charge in [0.2, 0.25) is 0 Å². The van der Waals surface area contributed by atoms with Gasteiger partial charge in [-0.1, -0.05) is 13.8 Å². The molecule has 0 aromatic carbocycles. The van der Waals surface area contributed by atoms with Crippen LogP contribution in [0, 0.1) is 35.5 Å². The lowest BCUT2D eigenvalue weighted by atomic mass is 9.69. The maximum Gasteiger partial charge on any atom is 0.309 e. The number of fused-ring (bicyclic) bond motifs is 2. The lowest BCUT2D eigenvalue weighted by molar-refractivity contribution is -0.160. The highest BCUT2D eigenvalue weighted by Crippen LogP contribution is 2.58. The van der Waals surface area contributed by atoms with Crippen LogP contribution in [0.2, 0.25) is 0 Å². The average Bonchev–Trinajstić information content (AvgIpc) is 2.76. The summed E-state index contributed by atoms with van der Waals surface area (Å²) >= 11 is 0. The SMILES string of the molecule is COC(=O)[C@H]1[C@@H]2C[C@@H]([C@H](C)[C@@H]2C)[C@@H]1C(=O)O. The standard InChI is InChI=1S/C12H18O4/c1-5-6(2)8-4-7(5)9(11(13)14)10(8)12(15)16-3/h5-10H,4H2,1-3H3,(H,13,14)/t5-,6+,7+,8-,9+,10+/m1/s1. The summed E-state index contributed by atoms with van der Waals surface area (Å²) in [4.78, 5) is 23.0. The Morgan fingerprint density at radius 2 is 1.62 bits per heavy atom. The van der Waals surface area contributed by atoms with Gasteiger partial charge in [-0.3, -0.25) is 9.59 Å². The fourth-order valence-electron chi connectivity index (χ4n) is 3.80. The van der Waals surface area contributed by atoms with E-state index in [1.165, 1.54) is 7.11 Å². The van der Waals surface area contributed by atoms with E-state index in [9.17, 15) is 14.7 Å². The van der Waals surface area contributed by atoms with Gasteiger partial charge in [0.25, 0.3) is 0 Å². The second-order valence-electron chi connectivity index (χ2n) is 5.19. The number of ether oxygens (including phenoxy) is 1. The van der Waals surface area contributed by atoms with Crippen molar-refractivity contribution in [2.45, 2.75) is 20.3 Å². The lowest BCUT2D eigenvalue weighted by Gasteiger charge is -2.34. The second kappa shape index (κ2) is 3.75. The van der Waals surface area contributed by atoms with Crippen LogP contribution in [-0.2, 0) is 14.3 Å². The molecule has 2 rings (SSSR count). The fraction of sp³-hybridized carbons (Fsp3) is 0.833. The van der Waals surface area contributed by atoms with E-state index >= 15 is 0 Å². The van der Waals surface area contributed by atoms with Gasteiger partial charge < -0.3 is 9.84 Å². The third-order valence-electron chi connectivity index (χ3n) is 4.79. The molecule has 0 radical (unpaired) electrons. The minimum atomic E-state index is -0.846. The second-order valence-corrected chi connectivity index (χ2v) is 5.19. The fourth-order valence-corrected chi connectivity index (χ4v) is 3.80. The van der Waals surface area contributed by atoms with E-state index in [1.54, 1.807) is 0 Å². The van der Waals surface area contributed by atoms with Crippen molar-refractivity contribution in [1.82, 2.24) is 0 Å². The zero-order chi connectivity index (χ0) is 12.0. The highest BCUT2D eigenvalue weighted by Gasteiger charge is 2.60. The summed E-state index contributed by atoms with van der Waals surface area (Å²) in [5, 5.41) is 9.25. The number of rotatable bonds is 2. The van der Waals surface area contributed by atoms with Crippen molar-refractivity contribution in [3.63, 3.8) is 0 Å². The van der Waals surface area contributed by atoms with Gasteiger partial charge in [-0.15, -0.1) is 0 Å². The van der Waals surface area contributed by atoms with E-state index in [0.717, 1.165) is 6.42 Å². The molecule has 0 spiro atoms. The van der Waals surface area contributed by atoms with Crippen molar-refractivity contribution in [1.29, 1.82) is 0 Å². The van der Waals surface area contributed by atoms with E-state index in [1.807, 2.05) is 0 Å². The molecule has 0 amide bonds. The molecule has 0 aromatic rings. The Labute approximate surface area is 95.0 Å². The maximum absolute atomic E-state index is 11.7. The summed E-state index contributed by atoms with van der Waals surface area (Å²) in [6, 6.07) is 0. The first-order valence-corrected chi connectivity index (χ1v) is 5.79. The molecule has 16 heavy (non-hydrogen) atoms. The van der Waals surface area contributed by atoms with Gasteiger partial charge in [0.1, 0.15) is 0 Å². The summed E-state index contributed by atoms with van der Waals surface area (Å²) in [6.45, 7) is 4.21. The first-order chi connectivity index (χ1) is 7.49. The third kappa shape index (κ3) is 1.35. The number of carboxylic acids is 1. The first-order valence-electron chi connectivity index (χ1n) is 5.79. The van der Waals surface area contributed by atoms with Gasteiger partial charge in [0.05, 0.1) is 18.9 Å². The summed E-state index contributed by atoms with van der Waals surface area (Å²) in [5.74, 6) is -1.02. The van der Waals surface area contributed by atoms with Crippen LogP contribution >= 0.6 is 0 Å². The summed E-state index contributed by atoms with van der Waals surface area (Å²) < 4.78 is 4.75. The molecule has 1 N–H and O–H groups in total. The van der Waals surface area contributed by atoms with Crippen LogP contribution in [0.15, 0.2) is 0 Å². The van der Waals surface area contributed by atoms with Gasteiger partial charge in [0, 0.05) is 0 Å². The predicted molar refractivity (Wildman–Crippen MR) is 56.6 cm³/mol. The predicted octanol–water partition coefficient (Wildman–Crippen LogP) is 1.40. The molecule has 0 aliphatic heterocycles. The van der Waals surface area contributed by atoms with Crippen LogP contribution in [0.1, 0.15) is 20.3 Å². The largest absolute Gasteiger partial charge is 0.481 e. The minimum absolute atomic E-state index is 0.140. The number of methoxy groups -OCH3 is 1. The summed E-state index contributed by atoms with van der Waals surface area (Å²) in [7, 11) is 1.33. The molecule has 2 aliphatic rings. The maximum atomic E-state index is 11.7. The smallest absolute Gasteiger partial charge is 0.309 e. The number of aliphatic carboxylic acids is 1.